The zero-order chi connectivity index (χ0) is 21.7. The van der Waals surface area contributed by atoms with E-state index in [1.165, 1.54) is 36.4 Å². The number of halogens is 2. The van der Waals surface area contributed by atoms with Crippen molar-refractivity contribution in [2.24, 2.45) is 5.73 Å². The van der Waals surface area contributed by atoms with Crippen molar-refractivity contribution in [3.8, 4) is 0 Å². The summed E-state index contributed by atoms with van der Waals surface area (Å²) < 4.78 is 12.9. The van der Waals surface area contributed by atoms with Gasteiger partial charge in [-0.3, -0.25) is 19.7 Å². The third-order valence-electron chi connectivity index (χ3n) is 4.16. The fourth-order valence-electron chi connectivity index (χ4n) is 2.66. The molecule has 6 N–H and O–H groups in total. The maximum absolute atomic E-state index is 12.9. The highest BCUT2D eigenvalue weighted by Gasteiger charge is 2.35. The van der Waals surface area contributed by atoms with Crippen molar-refractivity contribution in [1.29, 1.82) is 0 Å². The van der Waals surface area contributed by atoms with Crippen LogP contribution in [0.3, 0.4) is 0 Å². The van der Waals surface area contributed by atoms with Crippen molar-refractivity contribution in [3.63, 3.8) is 0 Å². The van der Waals surface area contributed by atoms with Crippen molar-refractivity contribution in [2.75, 3.05) is 11.1 Å². The van der Waals surface area contributed by atoms with Crippen LogP contribution in [0.4, 0.5) is 10.1 Å². The van der Waals surface area contributed by atoms with Gasteiger partial charge < -0.3 is 21.7 Å². The van der Waals surface area contributed by atoms with Crippen LogP contribution < -0.4 is 27.0 Å². The molecule has 0 radical (unpaired) electrons. The molecule has 158 valence electrons. The molecule has 30 heavy (non-hydrogen) atoms. The number of carbonyl (C=O) groups is 3. The highest BCUT2D eigenvalue weighted by atomic mass is 35.5. The molecule has 3 rings (SSSR count). The van der Waals surface area contributed by atoms with E-state index < -0.39 is 35.3 Å². The Hall–Kier alpha value is -2.66. The summed E-state index contributed by atoms with van der Waals surface area (Å²) in [6, 6.07) is 10.6. The van der Waals surface area contributed by atoms with Gasteiger partial charge in [0.2, 0.25) is 11.8 Å². The molecule has 8 nitrogen and oxygen atoms in total. The Morgan fingerprint density at radius 3 is 2.43 bits per heavy atom. The van der Waals surface area contributed by atoms with Gasteiger partial charge in [-0.2, -0.15) is 0 Å². The second kappa shape index (κ2) is 9.90. The van der Waals surface area contributed by atoms with Crippen molar-refractivity contribution in [2.45, 2.75) is 17.7 Å². The molecule has 1 heterocycles. The van der Waals surface area contributed by atoms with Crippen LogP contribution in [-0.2, 0) is 9.59 Å². The van der Waals surface area contributed by atoms with E-state index in [9.17, 15) is 18.8 Å². The normalized spacial score (nSPS) is 20.9. The van der Waals surface area contributed by atoms with E-state index >= 15 is 0 Å². The molecule has 0 spiro atoms. The average molecular weight is 452 g/mol. The second-order valence-corrected chi connectivity index (χ2v) is 7.94. The molecule has 0 bridgehead atoms. The molecule has 2 aromatic rings. The van der Waals surface area contributed by atoms with Gasteiger partial charge in [0.15, 0.2) is 0 Å². The highest BCUT2D eigenvalue weighted by Crippen LogP contribution is 2.14. The molecule has 3 amide bonds. The molecule has 2 aromatic carbocycles. The van der Waals surface area contributed by atoms with E-state index in [2.05, 4.69) is 21.3 Å². The standard InChI is InChI=1S/C19H19ClFN5O3S/c20-11-3-1-10(2-4-11)17(28)24-15-16(22)25-19(26-18(15)29)30-9-14(27)23-13-7-5-12(21)6-8-13/h1-8,15-16,19,25H,9,22H2,(H,23,27)(H,24,28)(H,26,29). The number of anilines is 1. The van der Waals surface area contributed by atoms with Crippen molar-refractivity contribution < 1.29 is 18.8 Å². The minimum atomic E-state index is -0.988. The fraction of sp³-hybridized carbons (Fsp3) is 0.211. The van der Waals surface area contributed by atoms with Gasteiger partial charge in [-0.05, 0) is 48.5 Å². The number of carbonyl (C=O) groups excluding carboxylic acids is 3. The molecule has 3 unspecified atom stereocenters. The second-order valence-electron chi connectivity index (χ2n) is 6.41. The van der Waals surface area contributed by atoms with Crippen LogP contribution in [0, 0.1) is 5.82 Å². The summed E-state index contributed by atoms with van der Waals surface area (Å²) >= 11 is 6.92. The number of thioether (sulfide) groups is 1. The summed E-state index contributed by atoms with van der Waals surface area (Å²) in [5.41, 5.74) is 6.19. The lowest BCUT2D eigenvalue weighted by Gasteiger charge is -2.35. The summed E-state index contributed by atoms with van der Waals surface area (Å²) in [6.07, 6.45) is -0.854. The lowest BCUT2D eigenvalue weighted by atomic mass is 10.1. The molecule has 1 aliphatic heterocycles. The predicted molar refractivity (Wildman–Crippen MR) is 113 cm³/mol. The Morgan fingerprint density at radius 1 is 1.13 bits per heavy atom. The molecule has 3 atom stereocenters. The first-order chi connectivity index (χ1) is 14.3. The van der Waals surface area contributed by atoms with Gasteiger partial charge in [0, 0.05) is 16.3 Å². The number of amides is 3. The molecular formula is C19H19ClFN5O3S. The van der Waals surface area contributed by atoms with Gasteiger partial charge in [0.1, 0.15) is 17.4 Å². The lowest BCUT2D eigenvalue weighted by molar-refractivity contribution is -0.125. The van der Waals surface area contributed by atoms with E-state index in [-0.39, 0.29) is 11.7 Å². The maximum Gasteiger partial charge on any atom is 0.252 e. The first kappa shape index (κ1) is 22.0. The monoisotopic (exact) mass is 451 g/mol. The van der Waals surface area contributed by atoms with E-state index in [1.54, 1.807) is 12.1 Å². The molecular weight excluding hydrogens is 433 g/mol. The quantitative estimate of drug-likeness (QED) is 0.450. The van der Waals surface area contributed by atoms with E-state index in [0.29, 0.717) is 16.3 Å². The summed E-state index contributed by atoms with van der Waals surface area (Å²) in [5, 5.41) is 11.3. The van der Waals surface area contributed by atoms with Crippen molar-refractivity contribution in [1.82, 2.24) is 16.0 Å². The summed E-state index contributed by atoms with van der Waals surface area (Å²) in [4.78, 5) is 36.7. The zero-order valence-corrected chi connectivity index (χ0v) is 17.1. The van der Waals surface area contributed by atoms with Crippen LogP contribution in [0.15, 0.2) is 48.5 Å². The predicted octanol–water partition coefficient (Wildman–Crippen LogP) is 1.24. The van der Waals surface area contributed by atoms with E-state index in [4.69, 9.17) is 17.3 Å². The minimum Gasteiger partial charge on any atom is -0.338 e. The summed E-state index contributed by atoms with van der Waals surface area (Å²) in [6.45, 7) is 0. The number of hydrogen-bond acceptors (Lipinski definition) is 6. The third kappa shape index (κ3) is 5.92. The molecule has 1 fully saturated rings. The van der Waals surface area contributed by atoms with Gasteiger partial charge in [-0.25, -0.2) is 4.39 Å². The van der Waals surface area contributed by atoms with Gasteiger partial charge in [-0.1, -0.05) is 11.6 Å². The molecule has 1 aliphatic rings. The Bertz CT molecular complexity index is 929. The van der Waals surface area contributed by atoms with Gasteiger partial charge in [-0.15, -0.1) is 11.8 Å². The lowest BCUT2D eigenvalue weighted by Crippen LogP contribution is -2.70. The van der Waals surface area contributed by atoms with E-state index in [0.717, 1.165) is 11.8 Å². The van der Waals surface area contributed by atoms with Crippen LogP contribution in [-0.4, -0.2) is 41.2 Å². The molecule has 0 aliphatic carbocycles. The number of rotatable bonds is 6. The Morgan fingerprint density at radius 2 is 1.80 bits per heavy atom. The van der Waals surface area contributed by atoms with Crippen LogP contribution in [0.1, 0.15) is 10.4 Å². The first-order valence-electron chi connectivity index (χ1n) is 8.87. The topological polar surface area (TPSA) is 125 Å². The zero-order valence-electron chi connectivity index (χ0n) is 15.5. The fourth-order valence-corrected chi connectivity index (χ4v) is 3.62. The Kier molecular flexibility index (Phi) is 7.27. The first-order valence-corrected chi connectivity index (χ1v) is 10.3. The number of nitrogens with two attached hydrogens (primary N) is 1. The summed E-state index contributed by atoms with van der Waals surface area (Å²) in [7, 11) is 0. The van der Waals surface area contributed by atoms with Crippen LogP contribution in [0.25, 0.3) is 0 Å². The van der Waals surface area contributed by atoms with Gasteiger partial charge in [0.05, 0.1) is 11.9 Å². The maximum atomic E-state index is 12.9. The molecule has 0 saturated carbocycles. The Balaban J connectivity index is 1.48. The number of nitrogens with one attached hydrogen (secondary N) is 4. The van der Waals surface area contributed by atoms with E-state index in [1.807, 2.05) is 0 Å². The highest BCUT2D eigenvalue weighted by molar-refractivity contribution is 8.00. The third-order valence-corrected chi connectivity index (χ3v) is 5.43. The minimum absolute atomic E-state index is 0.0177. The van der Waals surface area contributed by atoms with Crippen molar-refractivity contribution in [3.05, 3.63) is 64.9 Å². The number of hydrogen-bond donors (Lipinski definition) is 5. The number of benzene rings is 2. The molecule has 11 heteroatoms. The summed E-state index contributed by atoms with van der Waals surface area (Å²) in [5.74, 6) is -1.64. The SMILES string of the molecule is NC1NC(SCC(=O)Nc2ccc(F)cc2)NC(=O)C1NC(=O)c1ccc(Cl)cc1. The molecule has 1 saturated heterocycles. The van der Waals surface area contributed by atoms with Crippen LogP contribution >= 0.6 is 23.4 Å². The van der Waals surface area contributed by atoms with Crippen LogP contribution in [0.5, 0.6) is 0 Å². The van der Waals surface area contributed by atoms with Crippen LogP contribution in [0.2, 0.25) is 5.02 Å². The van der Waals surface area contributed by atoms with Gasteiger partial charge >= 0.3 is 0 Å². The average Bonchev–Trinajstić information content (AvgIpc) is 2.71. The molecule has 0 aromatic heterocycles. The van der Waals surface area contributed by atoms with Gasteiger partial charge in [0.25, 0.3) is 5.91 Å². The smallest absolute Gasteiger partial charge is 0.252 e. The largest absolute Gasteiger partial charge is 0.338 e. The van der Waals surface area contributed by atoms with Crippen molar-refractivity contribution >= 4 is 46.8 Å². The Labute approximate surface area is 181 Å².